The zero-order valence-corrected chi connectivity index (χ0v) is 9.74. The third-order valence-corrected chi connectivity index (χ3v) is 3.65. The Morgan fingerprint density at radius 3 is 2.50 bits per heavy atom. The molecule has 0 saturated heterocycles. The Labute approximate surface area is 96.9 Å². The molecular weight excluding hydrogens is 202 g/mol. The minimum Gasteiger partial charge on any atom is -0.389 e. The molecule has 0 aromatic rings. The smallest absolute Gasteiger partial charge is 0.223 e. The zero-order chi connectivity index (χ0) is 11.4. The molecule has 90 valence electrons. The Kier molecular flexibility index (Phi) is 3.64. The van der Waals surface area contributed by atoms with Gasteiger partial charge in [0.2, 0.25) is 5.91 Å². The van der Waals surface area contributed by atoms with Crippen molar-refractivity contribution in [1.29, 1.82) is 0 Å². The van der Waals surface area contributed by atoms with Crippen molar-refractivity contribution in [3.05, 3.63) is 12.2 Å². The van der Waals surface area contributed by atoms with Gasteiger partial charge in [-0.25, -0.2) is 0 Å². The molecular formula is C13H21NO2. The van der Waals surface area contributed by atoms with E-state index in [-0.39, 0.29) is 18.4 Å². The van der Waals surface area contributed by atoms with Gasteiger partial charge >= 0.3 is 0 Å². The van der Waals surface area contributed by atoms with Gasteiger partial charge in [-0.15, -0.1) is 0 Å². The van der Waals surface area contributed by atoms with Crippen molar-refractivity contribution >= 4 is 5.91 Å². The topological polar surface area (TPSA) is 49.3 Å². The molecule has 0 aliphatic heterocycles. The van der Waals surface area contributed by atoms with E-state index in [0.717, 1.165) is 38.5 Å². The molecule has 0 radical (unpaired) electrons. The molecule has 0 aromatic heterocycles. The molecule has 0 bridgehead atoms. The maximum absolute atomic E-state index is 11.8. The monoisotopic (exact) mass is 223 g/mol. The average Bonchev–Trinajstić information content (AvgIpc) is 2.70. The van der Waals surface area contributed by atoms with Crippen molar-refractivity contribution in [2.45, 2.75) is 63.0 Å². The predicted molar refractivity (Wildman–Crippen MR) is 63.0 cm³/mol. The van der Waals surface area contributed by atoms with E-state index in [2.05, 4.69) is 17.5 Å². The molecule has 0 unspecified atom stereocenters. The van der Waals surface area contributed by atoms with Crippen molar-refractivity contribution < 1.29 is 9.90 Å². The largest absolute Gasteiger partial charge is 0.389 e. The summed E-state index contributed by atoms with van der Waals surface area (Å²) in [6.07, 6.45) is 11.2. The Morgan fingerprint density at radius 1 is 1.25 bits per heavy atom. The number of aliphatic hydroxyl groups is 1. The summed E-state index contributed by atoms with van der Waals surface area (Å²) in [6.45, 7) is 0. The van der Waals surface area contributed by atoms with E-state index in [4.69, 9.17) is 0 Å². The molecule has 1 saturated carbocycles. The lowest BCUT2D eigenvalue weighted by atomic mass is 9.82. The first-order chi connectivity index (χ1) is 7.68. The van der Waals surface area contributed by atoms with Gasteiger partial charge in [-0.1, -0.05) is 31.4 Å². The number of rotatable bonds is 3. The third kappa shape index (κ3) is 3.08. The summed E-state index contributed by atoms with van der Waals surface area (Å²) >= 11 is 0. The molecule has 2 aliphatic carbocycles. The summed E-state index contributed by atoms with van der Waals surface area (Å²) in [5, 5.41) is 13.2. The molecule has 3 nitrogen and oxygen atoms in total. The Balaban J connectivity index is 1.77. The van der Waals surface area contributed by atoms with E-state index in [1.807, 2.05) is 0 Å². The van der Waals surface area contributed by atoms with Gasteiger partial charge < -0.3 is 10.4 Å². The standard InChI is InChI=1S/C13H21NO2/c15-12(14-11-6-2-3-7-11)10-13(16)8-4-1-5-9-13/h2-3,11,16H,1,4-10H2,(H,14,15). The molecule has 16 heavy (non-hydrogen) atoms. The van der Waals surface area contributed by atoms with Gasteiger partial charge in [0, 0.05) is 6.04 Å². The van der Waals surface area contributed by atoms with Crippen molar-refractivity contribution in [2.75, 3.05) is 0 Å². The maximum Gasteiger partial charge on any atom is 0.223 e. The minimum atomic E-state index is -0.728. The van der Waals surface area contributed by atoms with Crippen LogP contribution in [-0.4, -0.2) is 22.7 Å². The van der Waals surface area contributed by atoms with Gasteiger partial charge in [-0.05, 0) is 25.7 Å². The Bertz CT molecular complexity index is 272. The van der Waals surface area contributed by atoms with Crippen LogP contribution in [-0.2, 0) is 4.79 Å². The van der Waals surface area contributed by atoms with E-state index < -0.39 is 5.60 Å². The Hall–Kier alpha value is -0.830. The van der Waals surface area contributed by atoms with Crippen molar-refractivity contribution in [3.8, 4) is 0 Å². The summed E-state index contributed by atoms with van der Waals surface area (Å²) < 4.78 is 0. The first kappa shape index (κ1) is 11.6. The summed E-state index contributed by atoms with van der Waals surface area (Å²) in [7, 11) is 0. The van der Waals surface area contributed by atoms with Crippen molar-refractivity contribution in [2.24, 2.45) is 0 Å². The van der Waals surface area contributed by atoms with E-state index in [0.29, 0.717) is 0 Å². The summed E-state index contributed by atoms with van der Waals surface area (Å²) in [6, 6.07) is 0.264. The van der Waals surface area contributed by atoms with Gasteiger partial charge in [0.15, 0.2) is 0 Å². The molecule has 0 spiro atoms. The molecule has 0 aromatic carbocycles. The normalized spacial score (nSPS) is 24.6. The highest BCUT2D eigenvalue weighted by atomic mass is 16.3. The molecule has 0 atom stereocenters. The van der Waals surface area contributed by atoms with E-state index in [1.165, 1.54) is 6.42 Å². The highest BCUT2D eigenvalue weighted by molar-refractivity contribution is 5.77. The van der Waals surface area contributed by atoms with Crippen LogP contribution in [0.4, 0.5) is 0 Å². The van der Waals surface area contributed by atoms with Gasteiger partial charge in [-0.3, -0.25) is 4.79 Å². The number of hydrogen-bond donors (Lipinski definition) is 2. The molecule has 1 amide bonds. The SMILES string of the molecule is O=C(CC1(O)CCCCC1)NC1CC=CC1. The highest BCUT2D eigenvalue weighted by Crippen LogP contribution is 2.30. The van der Waals surface area contributed by atoms with E-state index in [9.17, 15) is 9.90 Å². The predicted octanol–water partition coefficient (Wildman–Crippen LogP) is 1.91. The van der Waals surface area contributed by atoms with Crippen LogP contribution in [0.5, 0.6) is 0 Å². The molecule has 2 N–H and O–H groups in total. The molecule has 3 heteroatoms. The summed E-state index contributed by atoms with van der Waals surface area (Å²) in [5.41, 5.74) is -0.728. The van der Waals surface area contributed by atoms with Gasteiger partial charge in [0.25, 0.3) is 0 Å². The van der Waals surface area contributed by atoms with Crippen molar-refractivity contribution in [1.82, 2.24) is 5.32 Å². The summed E-state index contributed by atoms with van der Waals surface area (Å²) in [4.78, 5) is 11.8. The van der Waals surface area contributed by atoms with Crippen LogP contribution in [0.25, 0.3) is 0 Å². The third-order valence-electron chi connectivity index (χ3n) is 3.65. The van der Waals surface area contributed by atoms with Crippen LogP contribution in [0.1, 0.15) is 51.4 Å². The number of hydrogen-bond acceptors (Lipinski definition) is 2. The fourth-order valence-corrected chi connectivity index (χ4v) is 2.70. The lowest BCUT2D eigenvalue weighted by molar-refractivity contribution is -0.128. The van der Waals surface area contributed by atoms with E-state index >= 15 is 0 Å². The molecule has 1 fully saturated rings. The second-order valence-electron chi connectivity index (χ2n) is 5.17. The fourth-order valence-electron chi connectivity index (χ4n) is 2.70. The Morgan fingerprint density at radius 2 is 1.88 bits per heavy atom. The number of carbonyl (C=O) groups excluding carboxylic acids is 1. The van der Waals surface area contributed by atoms with Crippen LogP contribution < -0.4 is 5.32 Å². The minimum absolute atomic E-state index is 0.0121. The second-order valence-corrected chi connectivity index (χ2v) is 5.17. The van der Waals surface area contributed by atoms with Crippen LogP contribution in [0.15, 0.2) is 12.2 Å². The highest BCUT2D eigenvalue weighted by Gasteiger charge is 2.32. The summed E-state index contributed by atoms with van der Waals surface area (Å²) in [5.74, 6) is 0.0121. The van der Waals surface area contributed by atoms with Crippen LogP contribution in [0, 0.1) is 0 Å². The van der Waals surface area contributed by atoms with E-state index in [1.54, 1.807) is 0 Å². The van der Waals surface area contributed by atoms with Crippen LogP contribution in [0.2, 0.25) is 0 Å². The lowest BCUT2D eigenvalue weighted by Crippen LogP contribution is -2.41. The number of carbonyl (C=O) groups is 1. The fraction of sp³-hybridized carbons (Fsp3) is 0.769. The second kappa shape index (κ2) is 5.00. The first-order valence-electron chi connectivity index (χ1n) is 6.35. The molecule has 2 rings (SSSR count). The van der Waals surface area contributed by atoms with Gasteiger partial charge in [-0.2, -0.15) is 0 Å². The quantitative estimate of drug-likeness (QED) is 0.718. The van der Waals surface area contributed by atoms with Crippen molar-refractivity contribution in [3.63, 3.8) is 0 Å². The lowest BCUT2D eigenvalue weighted by Gasteiger charge is -2.31. The molecule has 2 aliphatic rings. The van der Waals surface area contributed by atoms with Crippen LogP contribution in [0.3, 0.4) is 0 Å². The maximum atomic E-state index is 11.8. The number of nitrogens with one attached hydrogen (secondary N) is 1. The molecule has 0 heterocycles. The number of amides is 1. The average molecular weight is 223 g/mol. The first-order valence-corrected chi connectivity index (χ1v) is 6.35. The van der Waals surface area contributed by atoms with Gasteiger partial charge in [0.05, 0.1) is 12.0 Å². The van der Waals surface area contributed by atoms with Crippen LogP contribution >= 0.6 is 0 Å². The zero-order valence-electron chi connectivity index (χ0n) is 9.74. The van der Waals surface area contributed by atoms with Gasteiger partial charge in [0.1, 0.15) is 0 Å².